The number of rotatable bonds is 4. The summed E-state index contributed by atoms with van der Waals surface area (Å²) >= 11 is 0. The first-order chi connectivity index (χ1) is 10.0. The predicted molar refractivity (Wildman–Crippen MR) is 80.9 cm³/mol. The van der Waals surface area contributed by atoms with Crippen LogP contribution in [0.1, 0.15) is 25.0 Å². The van der Waals surface area contributed by atoms with Crippen molar-refractivity contribution >= 4 is 5.84 Å². The molecular formula is C15H23FN4O. The molecule has 6 heteroatoms. The Hall–Kier alpha value is -1.66. The fraction of sp³-hybridized carbons (Fsp3) is 0.533. The average Bonchev–Trinajstić information content (AvgIpc) is 2.46. The van der Waals surface area contributed by atoms with Gasteiger partial charge in [0.25, 0.3) is 0 Å². The minimum Gasteiger partial charge on any atom is -0.409 e. The molecule has 1 fully saturated rings. The summed E-state index contributed by atoms with van der Waals surface area (Å²) in [4.78, 5) is 4.74. The molecule has 2 rings (SSSR count). The highest BCUT2D eigenvalue weighted by Crippen LogP contribution is 2.15. The lowest BCUT2D eigenvalue weighted by molar-refractivity contribution is 0.0834. The van der Waals surface area contributed by atoms with Crippen LogP contribution in [0, 0.1) is 5.82 Å². The molecule has 1 atom stereocenters. The molecule has 116 valence electrons. The molecule has 1 heterocycles. The van der Waals surface area contributed by atoms with Crippen LogP contribution in [0.3, 0.4) is 0 Å². The van der Waals surface area contributed by atoms with Gasteiger partial charge < -0.3 is 10.9 Å². The first kappa shape index (κ1) is 15.7. The van der Waals surface area contributed by atoms with Crippen molar-refractivity contribution in [3.8, 4) is 0 Å². The van der Waals surface area contributed by atoms with Crippen molar-refractivity contribution in [2.45, 2.75) is 26.4 Å². The first-order valence-corrected chi connectivity index (χ1v) is 7.27. The molecule has 1 unspecified atom stereocenters. The second-order valence-corrected chi connectivity index (χ2v) is 5.55. The Balaban J connectivity index is 2.08. The van der Waals surface area contributed by atoms with E-state index in [1.54, 1.807) is 6.07 Å². The summed E-state index contributed by atoms with van der Waals surface area (Å²) < 4.78 is 13.7. The van der Waals surface area contributed by atoms with Crippen molar-refractivity contribution in [1.82, 2.24) is 9.80 Å². The monoisotopic (exact) mass is 294 g/mol. The summed E-state index contributed by atoms with van der Waals surface area (Å²) in [6.45, 7) is 9.07. The highest BCUT2D eigenvalue weighted by Gasteiger charge is 2.22. The van der Waals surface area contributed by atoms with Crippen molar-refractivity contribution in [3.63, 3.8) is 0 Å². The first-order valence-electron chi connectivity index (χ1n) is 7.27. The molecule has 0 aromatic heterocycles. The van der Waals surface area contributed by atoms with Crippen molar-refractivity contribution in [1.29, 1.82) is 0 Å². The van der Waals surface area contributed by atoms with Gasteiger partial charge in [-0.3, -0.25) is 9.80 Å². The minimum atomic E-state index is -0.366. The summed E-state index contributed by atoms with van der Waals surface area (Å²) in [6, 6.07) is 5.05. The standard InChI is InChI=1S/C15H23FN4O/c1-3-20-5-4-19(9-11(20)2)10-12-6-13(15(17)18-21)8-14(16)7-12/h6-8,11,21H,3-5,9-10H2,1-2H3,(H2,17,18). The molecule has 0 spiro atoms. The quantitative estimate of drug-likeness (QED) is 0.382. The molecule has 3 N–H and O–H groups in total. The van der Waals surface area contributed by atoms with E-state index in [1.807, 2.05) is 0 Å². The van der Waals surface area contributed by atoms with Crippen LogP contribution in [0.25, 0.3) is 0 Å². The van der Waals surface area contributed by atoms with Crippen LogP contribution < -0.4 is 5.73 Å². The summed E-state index contributed by atoms with van der Waals surface area (Å²) in [5, 5.41) is 11.6. The summed E-state index contributed by atoms with van der Waals surface area (Å²) in [7, 11) is 0. The van der Waals surface area contributed by atoms with Crippen LogP contribution >= 0.6 is 0 Å². The maximum atomic E-state index is 13.7. The summed E-state index contributed by atoms with van der Waals surface area (Å²) in [5.74, 6) is -0.436. The van der Waals surface area contributed by atoms with Crippen LogP contribution in [0.2, 0.25) is 0 Å². The number of nitrogens with zero attached hydrogens (tertiary/aromatic N) is 3. The van der Waals surface area contributed by atoms with E-state index in [0.717, 1.165) is 31.7 Å². The van der Waals surface area contributed by atoms with Gasteiger partial charge in [-0.15, -0.1) is 0 Å². The number of nitrogens with two attached hydrogens (primary N) is 1. The second kappa shape index (κ2) is 6.87. The Labute approximate surface area is 124 Å². The van der Waals surface area contributed by atoms with Crippen LogP contribution in [0.15, 0.2) is 23.4 Å². The van der Waals surface area contributed by atoms with E-state index in [0.29, 0.717) is 18.2 Å². The molecule has 1 aliphatic heterocycles. The van der Waals surface area contributed by atoms with E-state index in [2.05, 4.69) is 28.8 Å². The van der Waals surface area contributed by atoms with Gasteiger partial charge in [-0.05, 0) is 37.2 Å². The Morgan fingerprint density at radius 3 is 2.81 bits per heavy atom. The third kappa shape index (κ3) is 3.92. The molecule has 0 amide bonds. The molecule has 0 saturated carbocycles. The van der Waals surface area contributed by atoms with Crippen LogP contribution in [-0.2, 0) is 6.54 Å². The Morgan fingerprint density at radius 1 is 1.43 bits per heavy atom. The Bertz CT molecular complexity index is 520. The average molecular weight is 294 g/mol. The number of likely N-dealkylation sites (N-methyl/N-ethyl adjacent to an activating group) is 1. The zero-order chi connectivity index (χ0) is 15.4. The summed E-state index contributed by atoms with van der Waals surface area (Å²) in [6.07, 6.45) is 0. The number of oxime groups is 1. The lowest BCUT2D eigenvalue weighted by Gasteiger charge is -2.39. The topological polar surface area (TPSA) is 65.1 Å². The van der Waals surface area contributed by atoms with Crippen molar-refractivity contribution in [2.75, 3.05) is 26.2 Å². The van der Waals surface area contributed by atoms with Gasteiger partial charge in [-0.1, -0.05) is 12.1 Å². The highest BCUT2D eigenvalue weighted by molar-refractivity contribution is 5.97. The second-order valence-electron chi connectivity index (χ2n) is 5.55. The Kier molecular flexibility index (Phi) is 5.14. The van der Waals surface area contributed by atoms with Crippen LogP contribution in [-0.4, -0.2) is 53.1 Å². The van der Waals surface area contributed by atoms with E-state index in [9.17, 15) is 4.39 Å². The van der Waals surface area contributed by atoms with Crippen LogP contribution in [0.4, 0.5) is 4.39 Å². The van der Waals surface area contributed by atoms with Gasteiger partial charge in [-0.25, -0.2) is 4.39 Å². The van der Waals surface area contributed by atoms with Crippen molar-refractivity contribution in [2.24, 2.45) is 10.9 Å². The normalized spacial score (nSPS) is 21.7. The minimum absolute atomic E-state index is 0.0695. The van der Waals surface area contributed by atoms with Gasteiger partial charge >= 0.3 is 0 Å². The van der Waals surface area contributed by atoms with E-state index in [4.69, 9.17) is 10.9 Å². The molecule has 1 aliphatic rings. The van der Waals surface area contributed by atoms with Crippen LogP contribution in [0.5, 0.6) is 0 Å². The van der Waals surface area contributed by atoms with Gasteiger partial charge in [0.1, 0.15) is 5.82 Å². The summed E-state index contributed by atoms with van der Waals surface area (Å²) in [5.41, 5.74) is 6.79. The number of benzene rings is 1. The van der Waals surface area contributed by atoms with Gasteiger partial charge in [-0.2, -0.15) is 0 Å². The van der Waals surface area contributed by atoms with Gasteiger partial charge in [0.2, 0.25) is 0 Å². The maximum Gasteiger partial charge on any atom is 0.170 e. The number of piperazine rings is 1. The third-order valence-electron chi connectivity index (χ3n) is 4.02. The number of halogens is 1. The molecule has 0 radical (unpaired) electrons. The van der Waals surface area contributed by atoms with Gasteiger partial charge in [0.05, 0.1) is 0 Å². The fourth-order valence-corrected chi connectivity index (χ4v) is 2.89. The number of hydrogen-bond donors (Lipinski definition) is 2. The molecule has 1 aromatic carbocycles. The molecule has 1 saturated heterocycles. The highest BCUT2D eigenvalue weighted by atomic mass is 19.1. The molecule has 21 heavy (non-hydrogen) atoms. The van der Waals surface area contributed by atoms with E-state index >= 15 is 0 Å². The lowest BCUT2D eigenvalue weighted by Crippen LogP contribution is -2.51. The predicted octanol–water partition coefficient (Wildman–Crippen LogP) is 1.45. The SMILES string of the molecule is CCN1CCN(Cc2cc(F)cc(/C(N)=N/O)c2)CC1C. The number of amidine groups is 1. The van der Waals surface area contributed by atoms with E-state index in [-0.39, 0.29) is 11.7 Å². The van der Waals surface area contributed by atoms with Crippen molar-refractivity contribution in [3.05, 3.63) is 35.1 Å². The van der Waals surface area contributed by atoms with Gasteiger partial charge in [0.15, 0.2) is 5.84 Å². The molecule has 1 aromatic rings. The van der Waals surface area contributed by atoms with Gasteiger partial charge in [0, 0.05) is 37.8 Å². The van der Waals surface area contributed by atoms with E-state index < -0.39 is 0 Å². The zero-order valence-corrected chi connectivity index (χ0v) is 12.6. The molecule has 0 bridgehead atoms. The zero-order valence-electron chi connectivity index (χ0n) is 12.6. The smallest absolute Gasteiger partial charge is 0.170 e. The molecular weight excluding hydrogens is 271 g/mol. The molecule has 0 aliphatic carbocycles. The third-order valence-corrected chi connectivity index (χ3v) is 4.02. The Morgan fingerprint density at radius 2 is 2.19 bits per heavy atom. The molecule has 5 nitrogen and oxygen atoms in total. The number of hydrogen-bond acceptors (Lipinski definition) is 4. The lowest BCUT2D eigenvalue weighted by atomic mass is 10.1. The largest absolute Gasteiger partial charge is 0.409 e. The fourth-order valence-electron chi connectivity index (χ4n) is 2.89. The van der Waals surface area contributed by atoms with Crippen molar-refractivity contribution < 1.29 is 9.60 Å². The van der Waals surface area contributed by atoms with E-state index in [1.165, 1.54) is 12.1 Å². The maximum absolute atomic E-state index is 13.7.